The van der Waals surface area contributed by atoms with E-state index >= 15 is 0 Å². The molecule has 0 bridgehead atoms. The molecule has 5 heteroatoms. The summed E-state index contributed by atoms with van der Waals surface area (Å²) < 4.78 is 1.89. The highest BCUT2D eigenvalue weighted by molar-refractivity contribution is 6.12. The number of amides is 1. The first kappa shape index (κ1) is 15.8. The van der Waals surface area contributed by atoms with E-state index in [9.17, 15) is 4.79 Å². The number of carbonyl (C=O) groups is 1. The van der Waals surface area contributed by atoms with E-state index in [-0.39, 0.29) is 11.9 Å². The molecule has 1 saturated carbocycles. The lowest BCUT2D eigenvalue weighted by molar-refractivity contribution is 0.102. The fourth-order valence-electron chi connectivity index (χ4n) is 3.03. The van der Waals surface area contributed by atoms with Crippen molar-refractivity contribution in [2.24, 2.45) is 0 Å². The van der Waals surface area contributed by atoms with Crippen LogP contribution in [0, 0.1) is 6.92 Å². The van der Waals surface area contributed by atoms with Crippen LogP contribution in [0.1, 0.15) is 60.3 Å². The van der Waals surface area contributed by atoms with Gasteiger partial charge in [-0.15, -0.1) is 0 Å². The van der Waals surface area contributed by atoms with Gasteiger partial charge in [0, 0.05) is 23.3 Å². The summed E-state index contributed by atoms with van der Waals surface area (Å²) in [5.74, 6) is 0.368. The molecule has 25 heavy (non-hydrogen) atoms. The molecule has 1 fully saturated rings. The number of benzene rings is 1. The van der Waals surface area contributed by atoms with Crippen molar-refractivity contribution in [3.05, 3.63) is 53.3 Å². The molecule has 1 aliphatic rings. The molecular formula is C20H22N4O. The lowest BCUT2D eigenvalue weighted by Gasteiger charge is -2.11. The van der Waals surface area contributed by atoms with E-state index in [2.05, 4.69) is 24.3 Å². The van der Waals surface area contributed by atoms with Crippen molar-refractivity contribution in [1.82, 2.24) is 14.8 Å². The van der Waals surface area contributed by atoms with E-state index < -0.39 is 0 Å². The number of rotatable bonds is 4. The summed E-state index contributed by atoms with van der Waals surface area (Å²) in [5, 5.41) is 8.26. The Kier molecular flexibility index (Phi) is 3.79. The molecule has 128 valence electrons. The van der Waals surface area contributed by atoms with Gasteiger partial charge in [-0.05, 0) is 51.8 Å². The predicted molar refractivity (Wildman–Crippen MR) is 99.0 cm³/mol. The minimum atomic E-state index is -0.110. The summed E-state index contributed by atoms with van der Waals surface area (Å²) in [4.78, 5) is 17.7. The van der Waals surface area contributed by atoms with Gasteiger partial charge in [0.05, 0.1) is 17.1 Å². The lowest BCUT2D eigenvalue weighted by Crippen LogP contribution is -2.14. The second-order valence-electron chi connectivity index (χ2n) is 7.11. The number of carbonyl (C=O) groups excluding carboxylic acids is 1. The van der Waals surface area contributed by atoms with Crippen molar-refractivity contribution in [3.8, 4) is 0 Å². The Morgan fingerprint density at radius 1 is 1.24 bits per heavy atom. The molecule has 2 aromatic heterocycles. The number of fused-ring (bicyclic) bond motifs is 1. The molecule has 5 nitrogen and oxygen atoms in total. The quantitative estimate of drug-likeness (QED) is 0.767. The summed E-state index contributed by atoms with van der Waals surface area (Å²) >= 11 is 0. The number of nitrogens with one attached hydrogen (secondary N) is 1. The zero-order chi connectivity index (χ0) is 17.6. The summed E-state index contributed by atoms with van der Waals surface area (Å²) in [6, 6.07) is 9.97. The van der Waals surface area contributed by atoms with Crippen molar-refractivity contribution in [1.29, 1.82) is 0 Å². The molecule has 1 aromatic carbocycles. The number of aryl methyl sites for hydroxylation is 1. The number of pyridine rings is 1. The number of hydrogen-bond donors (Lipinski definition) is 1. The molecule has 0 saturated heterocycles. The highest BCUT2D eigenvalue weighted by Crippen LogP contribution is 2.40. The molecule has 1 amide bonds. The Morgan fingerprint density at radius 2 is 1.96 bits per heavy atom. The third-order valence-electron chi connectivity index (χ3n) is 4.63. The van der Waals surface area contributed by atoms with E-state index in [1.54, 1.807) is 6.20 Å². The van der Waals surface area contributed by atoms with E-state index in [4.69, 9.17) is 4.98 Å². The van der Waals surface area contributed by atoms with Crippen molar-refractivity contribution in [2.45, 2.75) is 45.6 Å². The second kappa shape index (κ2) is 5.99. The van der Waals surface area contributed by atoms with Crippen LogP contribution in [-0.2, 0) is 0 Å². The molecule has 0 spiro atoms. The van der Waals surface area contributed by atoms with Gasteiger partial charge in [-0.2, -0.15) is 5.10 Å². The topological polar surface area (TPSA) is 59.8 Å². The molecule has 2 heterocycles. The smallest absolute Gasteiger partial charge is 0.256 e. The monoisotopic (exact) mass is 334 g/mol. The summed E-state index contributed by atoms with van der Waals surface area (Å²) in [5.41, 5.74) is 4.42. The first-order valence-corrected chi connectivity index (χ1v) is 8.79. The first-order chi connectivity index (χ1) is 12.0. The highest BCUT2D eigenvalue weighted by Gasteiger charge is 2.28. The molecule has 0 unspecified atom stereocenters. The zero-order valence-corrected chi connectivity index (χ0v) is 14.8. The van der Waals surface area contributed by atoms with Crippen LogP contribution < -0.4 is 5.32 Å². The SMILES string of the molecule is Cc1ccc(NC(=O)c2cc(C3CC3)nc3c2cnn3C(C)C)cc1. The van der Waals surface area contributed by atoms with Gasteiger partial charge in [0.15, 0.2) is 5.65 Å². The van der Waals surface area contributed by atoms with Crippen molar-refractivity contribution >= 4 is 22.6 Å². The maximum atomic E-state index is 12.9. The van der Waals surface area contributed by atoms with Crippen molar-refractivity contribution < 1.29 is 4.79 Å². The van der Waals surface area contributed by atoms with Crippen LogP contribution in [-0.4, -0.2) is 20.7 Å². The van der Waals surface area contributed by atoms with Gasteiger partial charge in [-0.25, -0.2) is 9.67 Å². The number of anilines is 1. The molecule has 1 N–H and O–H groups in total. The molecule has 3 aromatic rings. The zero-order valence-electron chi connectivity index (χ0n) is 14.8. The predicted octanol–water partition coefficient (Wildman–Crippen LogP) is 4.45. The summed E-state index contributed by atoms with van der Waals surface area (Å²) in [6.45, 7) is 6.17. The third-order valence-corrected chi connectivity index (χ3v) is 4.63. The van der Waals surface area contributed by atoms with E-state index in [0.29, 0.717) is 11.5 Å². The van der Waals surface area contributed by atoms with Gasteiger partial charge in [-0.1, -0.05) is 17.7 Å². The fraction of sp³-hybridized carbons (Fsp3) is 0.350. The third kappa shape index (κ3) is 3.02. The van der Waals surface area contributed by atoms with Crippen LogP contribution in [0.4, 0.5) is 5.69 Å². The van der Waals surface area contributed by atoms with Gasteiger partial charge in [0.25, 0.3) is 5.91 Å². The average Bonchev–Trinajstić information content (AvgIpc) is 3.35. The minimum absolute atomic E-state index is 0.110. The van der Waals surface area contributed by atoms with Crippen LogP contribution in [0.25, 0.3) is 11.0 Å². The maximum absolute atomic E-state index is 12.9. The summed E-state index contributed by atoms with van der Waals surface area (Å²) in [6.07, 6.45) is 4.05. The second-order valence-corrected chi connectivity index (χ2v) is 7.11. The highest BCUT2D eigenvalue weighted by atomic mass is 16.1. The van der Waals surface area contributed by atoms with Crippen LogP contribution in [0.5, 0.6) is 0 Å². The molecular weight excluding hydrogens is 312 g/mol. The van der Waals surface area contributed by atoms with E-state index in [1.807, 2.05) is 41.9 Å². The van der Waals surface area contributed by atoms with Crippen LogP contribution in [0.2, 0.25) is 0 Å². The molecule has 0 radical (unpaired) electrons. The van der Waals surface area contributed by atoms with Crippen molar-refractivity contribution in [3.63, 3.8) is 0 Å². The Hall–Kier alpha value is -2.69. The molecule has 4 rings (SSSR count). The Labute approximate surface area is 147 Å². The Balaban J connectivity index is 1.76. The number of hydrogen-bond acceptors (Lipinski definition) is 3. The number of aromatic nitrogens is 3. The Bertz CT molecular complexity index is 936. The van der Waals surface area contributed by atoms with Gasteiger partial charge < -0.3 is 5.32 Å². The van der Waals surface area contributed by atoms with Crippen molar-refractivity contribution in [2.75, 3.05) is 5.32 Å². The fourth-order valence-corrected chi connectivity index (χ4v) is 3.03. The molecule has 0 aliphatic heterocycles. The normalized spacial score (nSPS) is 14.2. The minimum Gasteiger partial charge on any atom is -0.322 e. The van der Waals surface area contributed by atoms with E-state index in [1.165, 1.54) is 5.56 Å². The van der Waals surface area contributed by atoms with Crippen LogP contribution >= 0.6 is 0 Å². The van der Waals surface area contributed by atoms with Crippen LogP contribution in [0.15, 0.2) is 36.5 Å². The molecule has 0 atom stereocenters. The first-order valence-electron chi connectivity index (χ1n) is 8.79. The summed E-state index contributed by atoms with van der Waals surface area (Å²) in [7, 11) is 0. The van der Waals surface area contributed by atoms with E-state index in [0.717, 1.165) is 35.3 Å². The maximum Gasteiger partial charge on any atom is 0.256 e. The lowest BCUT2D eigenvalue weighted by atomic mass is 10.1. The van der Waals surface area contributed by atoms with Gasteiger partial charge >= 0.3 is 0 Å². The number of nitrogens with zero attached hydrogens (tertiary/aromatic N) is 3. The Morgan fingerprint density at radius 3 is 2.60 bits per heavy atom. The standard InChI is InChI=1S/C20H22N4O/c1-12(2)24-19-17(11-21-24)16(10-18(23-19)14-6-7-14)20(25)22-15-8-4-13(3)5-9-15/h4-5,8-12,14H,6-7H2,1-3H3,(H,22,25). The van der Waals surface area contributed by atoms with Crippen LogP contribution in [0.3, 0.4) is 0 Å². The van der Waals surface area contributed by atoms with Gasteiger partial charge in [-0.3, -0.25) is 4.79 Å². The average molecular weight is 334 g/mol. The van der Waals surface area contributed by atoms with Gasteiger partial charge in [0.1, 0.15) is 0 Å². The van der Waals surface area contributed by atoms with Gasteiger partial charge in [0.2, 0.25) is 0 Å². The largest absolute Gasteiger partial charge is 0.322 e. The molecule has 1 aliphatic carbocycles.